The summed E-state index contributed by atoms with van der Waals surface area (Å²) < 4.78 is 10.4. The van der Waals surface area contributed by atoms with Gasteiger partial charge in [-0.25, -0.2) is 9.78 Å². The third-order valence-corrected chi connectivity index (χ3v) is 8.02. The van der Waals surface area contributed by atoms with Gasteiger partial charge in [-0.2, -0.15) is 0 Å². The fourth-order valence-corrected chi connectivity index (χ4v) is 5.94. The Hall–Kier alpha value is -4.24. The molecule has 1 saturated heterocycles. The quantitative estimate of drug-likeness (QED) is 0.0649. The van der Waals surface area contributed by atoms with Crippen molar-refractivity contribution >= 4 is 63.8 Å². The molecule has 4 rings (SSSR count). The number of hydrogen-bond acceptors (Lipinski definition) is 13. The van der Waals surface area contributed by atoms with Crippen LogP contribution in [0.3, 0.4) is 0 Å². The van der Waals surface area contributed by atoms with Crippen LogP contribution in [-0.2, 0) is 28.7 Å². The Morgan fingerprint density at radius 2 is 2.10 bits per heavy atom. The topological polar surface area (TPSA) is 186 Å². The van der Waals surface area contributed by atoms with Crippen LogP contribution < -0.4 is 11.1 Å². The fraction of sp³-hybridized carbons (Fsp3) is 0.346. The molecule has 0 unspecified atom stereocenters. The highest BCUT2D eigenvalue weighted by atomic mass is 32.2. The first-order valence-electron chi connectivity index (χ1n) is 12.5. The van der Waals surface area contributed by atoms with E-state index in [1.54, 1.807) is 24.7 Å². The number of fused-ring (bicyclic) bond motifs is 1. The molecule has 0 bridgehead atoms. The number of aromatic nitrogens is 2. The predicted octanol–water partition coefficient (Wildman–Crippen LogP) is 1.80. The summed E-state index contributed by atoms with van der Waals surface area (Å²) in [6, 6.07) is 3.68. The Balaban J connectivity index is 1.53. The molecule has 0 aliphatic carbocycles. The van der Waals surface area contributed by atoms with Crippen molar-refractivity contribution in [2.45, 2.75) is 31.2 Å². The maximum Gasteiger partial charge on any atom is 0.345 e. The fourth-order valence-electron chi connectivity index (χ4n) is 4.05. The molecule has 2 amide bonds. The summed E-state index contributed by atoms with van der Waals surface area (Å²) in [7, 11) is 0. The second kappa shape index (κ2) is 13.0. The molecule has 0 spiro atoms. The van der Waals surface area contributed by atoms with Gasteiger partial charge in [-0.1, -0.05) is 37.2 Å². The van der Waals surface area contributed by atoms with Gasteiger partial charge in [-0.3, -0.25) is 24.3 Å². The van der Waals surface area contributed by atoms with E-state index in [1.165, 1.54) is 22.0 Å². The molecular weight excluding hydrogens is 572 g/mol. The number of hydrogen-bond donors (Lipinski definition) is 3. The van der Waals surface area contributed by atoms with Crippen molar-refractivity contribution in [2.24, 2.45) is 11.1 Å². The molecule has 2 aliphatic heterocycles. The van der Waals surface area contributed by atoms with Crippen molar-refractivity contribution in [1.29, 1.82) is 0 Å². The lowest BCUT2D eigenvalue weighted by atomic mass is 9.87. The molecular formula is C26H28N6O7S2. The number of allylic oxidation sites excluding steroid dienone is 1. The maximum absolute atomic E-state index is 13.5. The third-order valence-electron chi connectivity index (χ3n) is 5.95. The Morgan fingerprint density at radius 3 is 2.76 bits per heavy atom. The number of nitrogens with two attached hydrogens (primary N) is 1. The van der Waals surface area contributed by atoms with Gasteiger partial charge in [0.25, 0.3) is 11.8 Å². The number of carbonyl (C=O) groups excluding carboxylic acids is 4. The molecule has 4 heterocycles. The number of amides is 2. The molecule has 4 N–H and O–H groups in total. The summed E-state index contributed by atoms with van der Waals surface area (Å²) >= 11 is 2.26. The summed E-state index contributed by atoms with van der Waals surface area (Å²) in [5.74, 6) is -2.76. The van der Waals surface area contributed by atoms with Gasteiger partial charge in [0.2, 0.25) is 5.54 Å². The van der Waals surface area contributed by atoms with E-state index >= 15 is 0 Å². The van der Waals surface area contributed by atoms with E-state index in [1.807, 2.05) is 32.1 Å². The number of ether oxygens (including phenoxy) is 2. The van der Waals surface area contributed by atoms with Crippen LogP contribution in [0.15, 0.2) is 52.9 Å². The number of anilines is 1. The van der Waals surface area contributed by atoms with Crippen molar-refractivity contribution < 1.29 is 33.9 Å². The molecule has 216 valence electrons. The number of nitrogens with zero attached hydrogens (tertiary/aromatic N) is 4. The highest BCUT2D eigenvalue weighted by molar-refractivity contribution is 8.00. The second-order valence-electron chi connectivity index (χ2n) is 9.44. The number of oxime groups is 1. The van der Waals surface area contributed by atoms with Crippen LogP contribution in [0.4, 0.5) is 5.13 Å². The van der Waals surface area contributed by atoms with E-state index < -0.39 is 40.4 Å². The lowest BCUT2D eigenvalue weighted by Gasteiger charge is -2.53. The minimum atomic E-state index is -2.13. The molecule has 0 saturated carbocycles. The molecule has 1 fully saturated rings. The molecule has 2 aromatic rings. The lowest BCUT2D eigenvalue weighted by molar-refractivity contribution is -0.174. The monoisotopic (exact) mass is 600 g/mol. The van der Waals surface area contributed by atoms with Gasteiger partial charge in [-0.05, 0) is 23.1 Å². The van der Waals surface area contributed by atoms with Crippen molar-refractivity contribution in [3.05, 3.63) is 59.0 Å². The summed E-state index contributed by atoms with van der Waals surface area (Å²) in [5, 5.41) is 15.6. The van der Waals surface area contributed by atoms with E-state index in [0.717, 1.165) is 22.5 Å². The maximum atomic E-state index is 13.5. The summed E-state index contributed by atoms with van der Waals surface area (Å²) in [6.45, 7) is 3.18. The van der Waals surface area contributed by atoms with E-state index in [4.69, 9.17) is 15.2 Å². The van der Waals surface area contributed by atoms with Crippen LogP contribution in [0, 0.1) is 5.92 Å². The van der Waals surface area contributed by atoms with Crippen LogP contribution in [0.1, 0.15) is 31.5 Å². The molecule has 0 aromatic carbocycles. The molecule has 0 radical (unpaired) electrons. The minimum Gasteiger partial charge on any atom is -0.462 e. The summed E-state index contributed by atoms with van der Waals surface area (Å²) in [5.41, 5.74) is 4.61. The number of nitrogens with one attached hydrogen (secondary N) is 1. The zero-order valence-corrected chi connectivity index (χ0v) is 23.8. The number of nitrogen functional groups attached to an aromatic ring is 1. The highest BCUT2D eigenvalue weighted by Gasteiger charge is 2.69. The Morgan fingerprint density at radius 1 is 1.32 bits per heavy atom. The molecule has 41 heavy (non-hydrogen) atoms. The van der Waals surface area contributed by atoms with Crippen molar-refractivity contribution in [2.75, 3.05) is 24.7 Å². The van der Waals surface area contributed by atoms with Gasteiger partial charge in [0.05, 0.1) is 0 Å². The van der Waals surface area contributed by atoms with Gasteiger partial charge >= 0.3 is 11.9 Å². The lowest BCUT2D eigenvalue weighted by Crippen LogP contribution is -2.82. The zero-order chi connectivity index (χ0) is 29.6. The number of β-lactam (4-membered cyclic amide) rings is 1. The molecule has 2 aliphatic rings. The Labute approximate surface area is 243 Å². The number of thioether (sulfide) groups is 1. The number of esters is 2. The number of thiazole rings is 1. The van der Waals surface area contributed by atoms with Crippen LogP contribution >= 0.6 is 23.1 Å². The number of carbonyl (C=O) groups is 4. The van der Waals surface area contributed by atoms with E-state index in [9.17, 15) is 24.4 Å². The minimum absolute atomic E-state index is 0.0317. The molecule has 15 heteroatoms. The first-order valence-corrected chi connectivity index (χ1v) is 14.4. The van der Waals surface area contributed by atoms with Gasteiger partial charge in [-0.15, -0.1) is 23.1 Å². The Kier molecular flexibility index (Phi) is 9.39. The summed E-state index contributed by atoms with van der Waals surface area (Å²) in [4.78, 5) is 61.3. The van der Waals surface area contributed by atoms with Gasteiger partial charge in [0.15, 0.2) is 10.8 Å². The van der Waals surface area contributed by atoms with Gasteiger partial charge in [0.1, 0.15) is 24.3 Å². The molecule has 13 nitrogen and oxygen atoms in total. The van der Waals surface area contributed by atoms with Gasteiger partial charge in [0, 0.05) is 36.1 Å². The smallest absolute Gasteiger partial charge is 0.345 e. The SMILES string of the molecule is CC(C)CC(=O)OCCOC(=O)[C@@]1(NC(=O)C(=NO)c2csc(N)n2)C(=O)N2C=C(/C=C\c3cccnc3)CS[C@H]21. The first kappa shape index (κ1) is 29.7. The predicted molar refractivity (Wildman–Crippen MR) is 152 cm³/mol. The summed E-state index contributed by atoms with van der Waals surface area (Å²) in [6.07, 6.45) is 8.84. The average molecular weight is 601 g/mol. The zero-order valence-electron chi connectivity index (χ0n) is 22.2. The molecule has 2 aromatic heterocycles. The number of pyridine rings is 1. The van der Waals surface area contributed by atoms with Gasteiger partial charge < -0.3 is 25.7 Å². The second-order valence-corrected chi connectivity index (χ2v) is 11.4. The van der Waals surface area contributed by atoms with Crippen LogP contribution in [0.2, 0.25) is 0 Å². The van der Waals surface area contributed by atoms with Crippen LogP contribution in [0.5, 0.6) is 0 Å². The highest BCUT2D eigenvalue weighted by Crippen LogP contribution is 2.44. The number of rotatable bonds is 11. The largest absolute Gasteiger partial charge is 0.462 e. The average Bonchev–Trinajstić information content (AvgIpc) is 3.38. The normalized spacial score (nSPS) is 20.3. The van der Waals surface area contributed by atoms with E-state index in [2.05, 4.69) is 20.4 Å². The van der Waals surface area contributed by atoms with Crippen molar-refractivity contribution in [3.63, 3.8) is 0 Å². The van der Waals surface area contributed by atoms with Crippen molar-refractivity contribution in [3.8, 4) is 0 Å². The van der Waals surface area contributed by atoms with E-state index in [0.29, 0.717) is 5.75 Å². The van der Waals surface area contributed by atoms with Crippen molar-refractivity contribution in [1.82, 2.24) is 20.2 Å². The first-order chi connectivity index (χ1) is 19.6. The molecule has 2 atom stereocenters. The van der Waals surface area contributed by atoms with Crippen LogP contribution in [-0.4, -0.2) is 79.4 Å². The standard InChI is InChI=1S/C26H28N6O7S2/c1-15(2)10-19(33)38-8-9-39-24(36)26(30-21(34)20(31-37)18-14-41-25(27)29-18)22(35)32-12-17(13-40-23(26)32)6-5-16-4-3-7-28-11-16/h3-7,11-12,14-15,23,37H,8-10,13H2,1-2H3,(H2,27,29)(H,30,34)/b6-5-,31-20?/t23-,26+/m0/s1. The third kappa shape index (κ3) is 6.57. The Bertz CT molecular complexity index is 1410. The van der Waals surface area contributed by atoms with E-state index in [-0.39, 0.29) is 36.4 Å². The van der Waals surface area contributed by atoms with Crippen LogP contribution in [0.25, 0.3) is 6.08 Å².